The van der Waals surface area contributed by atoms with Gasteiger partial charge in [0.05, 0.1) is 0 Å². The monoisotopic (exact) mass is 283 g/mol. The predicted molar refractivity (Wildman–Crippen MR) is 71.7 cm³/mol. The third-order valence-corrected chi connectivity index (χ3v) is 2.90. The standard InChI is InChI=1S/C13H11Cl2NO2/c14-12(16-17)8-10-3-1-9(2-4-10)7-11-5-6-13(15)18-11/h1-6,17H,7-8H2/b16-12-. The van der Waals surface area contributed by atoms with Crippen molar-refractivity contribution < 1.29 is 9.62 Å². The lowest BCUT2D eigenvalue weighted by molar-refractivity contribution is 0.319. The Morgan fingerprint density at radius 3 is 2.33 bits per heavy atom. The van der Waals surface area contributed by atoms with E-state index in [9.17, 15) is 0 Å². The average molecular weight is 284 g/mol. The zero-order valence-electron chi connectivity index (χ0n) is 9.44. The number of halogens is 2. The highest BCUT2D eigenvalue weighted by atomic mass is 35.5. The van der Waals surface area contributed by atoms with Crippen LogP contribution in [0.15, 0.2) is 46.0 Å². The van der Waals surface area contributed by atoms with E-state index in [0.717, 1.165) is 16.9 Å². The fraction of sp³-hybridized carbons (Fsp3) is 0.154. The molecule has 0 fully saturated rings. The van der Waals surface area contributed by atoms with Gasteiger partial charge in [0.1, 0.15) is 10.9 Å². The maximum atomic E-state index is 8.48. The molecule has 0 unspecified atom stereocenters. The Balaban J connectivity index is 2.03. The molecule has 18 heavy (non-hydrogen) atoms. The summed E-state index contributed by atoms with van der Waals surface area (Å²) in [6.45, 7) is 0. The van der Waals surface area contributed by atoms with Crippen molar-refractivity contribution in [1.82, 2.24) is 0 Å². The molecule has 0 amide bonds. The second-order valence-electron chi connectivity index (χ2n) is 3.85. The van der Waals surface area contributed by atoms with Gasteiger partial charge >= 0.3 is 0 Å². The summed E-state index contributed by atoms with van der Waals surface area (Å²) in [5, 5.41) is 12.0. The Labute approximate surface area is 115 Å². The molecule has 2 rings (SSSR count). The third kappa shape index (κ3) is 3.52. The largest absolute Gasteiger partial charge is 0.449 e. The fourth-order valence-corrected chi connectivity index (χ4v) is 1.94. The minimum absolute atomic E-state index is 0.167. The lowest BCUT2D eigenvalue weighted by Crippen LogP contribution is -1.95. The first kappa shape index (κ1) is 13.0. The quantitative estimate of drug-likeness (QED) is 0.522. The van der Waals surface area contributed by atoms with Gasteiger partial charge in [-0.05, 0) is 34.9 Å². The van der Waals surface area contributed by atoms with Gasteiger partial charge in [-0.3, -0.25) is 0 Å². The number of benzene rings is 1. The minimum atomic E-state index is 0.167. The van der Waals surface area contributed by atoms with Gasteiger partial charge < -0.3 is 9.62 Å². The number of rotatable bonds is 4. The number of furan rings is 1. The predicted octanol–water partition coefficient (Wildman–Crippen LogP) is 4.09. The summed E-state index contributed by atoms with van der Waals surface area (Å²) >= 11 is 11.3. The molecule has 5 heteroatoms. The van der Waals surface area contributed by atoms with Gasteiger partial charge in [-0.15, -0.1) is 0 Å². The molecule has 0 saturated heterocycles. The molecule has 1 aromatic heterocycles. The van der Waals surface area contributed by atoms with Gasteiger partial charge in [-0.25, -0.2) is 0 Å². The van der Waals surface area contributed by atoms with E-state index in [4.69, 9.17) is 32.8 Å². The van der Waals surface area contributed by atoms with E-state index in [0.29, 0.717) is 18.1 Å². The van der Waals surface area contributed by atoms with Crippen LogP contribution in [0.1, 0.15) is 16.9 Å². The summed E-state index contributed by atoms with van der Waals surface area (Å²) in [5.41, 5.74) is 2.10. The molecular weight excluding hydrogens is 273 g/mol. The van der Waals surface area contributed by atoms with Crippen LogP contribution in [0.2, 0.25) is 5.22 Å². The van der Waals surface area contributed by atoms with Crippen molar-refractivity contribution in [2.45, 2.75) is 12.8 Å². The zero-order valence-corrected chi connectivity index (χ0v) is 10.9. The van der Waals surface area contributed by atoms with E-state index >= 15 is 0 Å². The van der Waals surface area contributed by atoms with Gasteiger partial charge in [-0.2, -0.15) is 0 Å². The van der Waals surface area contributed by atoms with Crippen LogP contribution in [0.4, 0.5) is 0 Å². The van der Waals surface area contributed by atoms with Crippen molar-refractivity contribution in [3.63, 3.8) is 0 Å². The van der Waals surface area contributed by atoms with Crippen LogP contribution in [0.3, 0.4) is 0 Å². The third-order valence-electron chi connectivity index (χ3n) is 2.49. The smallest absolute Gasteiger partial charge is 0.193 e. The molecule has 3 nitrogen and oxygen atoms in total. The molecule has 0 bridgehead atoms. The Morgan fingerprint density at radius 2 is 1.78 bits per heavy atom. The fourth-order valence-electron chi connectivity index (χ4n) is 1.63. The molecular formula is C13H11Cl2NO2. The molecule has 2 aromatic rings. The topological polar surface area (TPSA) is 45.7 Å². The molecule has 0 aliphatic carbocycles. The van der Waals surface area contributed by atoms with Crippen molar-refractivity contribution in [2.24, 2.45) is 5.16 Å². The highest BCUT2D eigenvalue weighted by Crippen LogP contribution is 2.17. The van der Waals surface area contributed by atoms with Gasteiger partial charge in [0, 0.05) is 12.8 Å². The molecule has 0 aliphatic heterocycles. The SMILES string of the molecule is O/N=C(\Cl)Cc1ccc(Cc2ccc(Cl)o2)cc1. The lowest BCUT2D eigenvalue weighted by atomic mass is 10.1. The Hall–Kier alpha value is -1.45. The molecule has 94 valence electrons. The van der Waals surface area contributed by atoms with Gasteiger partial charge in [0.15, 0.2) is 5.22 Å². The summed E-state index contributed by atoms with van der Waals surface area (Å²) in [7, 11) is 0. The minimum Gasteiger partial charge on any atom is -0.449 e. The second kappa shape index (κ2) is 5.94. The maximum Gasteiger partial charge on any atom is 0.193 e. The average Bonchev–Trinajstić information content (AvgIpc) is 2.77. The Morgan fingerprint density at radius 1 is 1.11 bits per heavy atom. The molecule has 0 saturated carbocycles. The normalized spacial score (nSPS) is 11.8. The first-order valence-corrected chi connectivity index (χ1v) is 6.11. The summed E-state index contributed by atoms with van der Waals surface area (Å²) in [6.07, 6.45) is 1.11. The van der Waals surface area contributed by atoms with Crippen LogP contribution in [0.25, 0.3) is 0 Å². The van der Waals surface area contributed by atoms with E-state index < -0.39 is 0 Å². The summed E-state index contributed by atoms with van der Waals surface area (Å²) in [4.78, 5) is 0. The van der Waals surface area contributed by atoms with Gasteiger partial charge in [0.25, 0.3) is 0 Å². The Kier molecular flexibility index (Phi) is 4.28. The summed E-state index contributed by atoms with van der Waals surface area (Å²) in [6, 6.07) is 11.4. The number of nitrogens with zero attached hydrogens (tertiary/aromatic N) is 1. The van der Waals surface area contributed by atoms with Crippen LogP contribution >= 0.6 is 23.2 Å². The highest BCUT2D eigenvalue weighted by molar-refractivity contribution is 6.65. The first-order valence-electron chi connectivity index (χ1n) is 5.36. The van der Waals surface area contributed by atoms with E-state index in [1.54, 1.807) is 6.07 Å². The van der Waals surface area contributed by atoms with Gasteiger partial charge in [0.2, 0.25) is 0 Å². The van der Waals surface area contributed by atoms with Crippen molar-refractivity contribution in [3.8, 4) is 0 Å². The molecule has 1 aromatic carbocycles. The molecule has 0 atom stereocenters. The van der Waals surface area contributed by atoms with Crippen LogP contribution in [-0.4, -0.2) is 10.4 Å². The molecule has 0 spiro atoms. The van der Waals surface area contributed by atoms with Crippen molar-refractivity contribution >= 4 is 28.4 Å². The number of oxime groups is 1. The number of hydrogen-bond donors (Lipinski definition) is 1. The van der Waals surface area contributed by atoms with Gasteiger partial charge in [-0.1, -0.05) is 41.0 Å². The van der Waals surface area contributed by atoms with E-state index in [2.05, 4.69) is 5.16 Å². The van der Waals surface area contributed by atoms with Crippen molar-refractivity contribution in [2.75, 3.05) is 0 Å². The van der Waals surface area contributed by atoms with E-state index in [-0.39, 0.29) is 5.17 Å². The van der Waals surface area contributed by atoms with Crippen molar-refractivity contribution in [3.05, 3.63) is 58.5 Å². The highest BCUT2D eigenvalue weighted by Gasteiger charge is 2.03. The van der Waals surface area contributed by atoms with Crippen LogP contribution in [0.5, 0.6) is 0 Å². The summed E-state index contributed by atoms with van der Waals surface area (Å²) < 4.78 is 5.29. The first-order chi connectivity index (χ1) is 8.67. The van der Waals surface area contributed by atoms with E-state index in [1.165, 1.54) is 0 Å². The molecule has 0 radical (unpaired) electrons. The summed E-state index contributed by atoms with van der Waals surface area (Å²) in [5.74, 6) is 0.822. The number of hydrogen-bond acceptors (Lipinski definition) is 3. The van der Waals surface area contributed by atoms with Crippen LogP contribution in [-0.2, 0) is 12.8 Å². The lowest BCUT2D eigenvalue weighted by Gasteiger charge is -2.01. The van der Waals surface area contributed by atoms with Crippen LogP contribution < -0.4 is 0 Å². The second-order valence-corrected chi connectivity index (χ2v) is 4.66. The maximum absolute atomic E-state index is 8.48. The van der Waals surface area contributed by atoms with E-state index in [1.807, 2.05) is 30.3 Å². The molecule has 1 heterocycles. The Bertz CT molecular complexity index is 546. The van der Waals surface area contributed by atoms with Crippen LogP contribution in [0, 0.1) is 0 Å². The zero-order chi connectivity index (χ0) is 13.0. The molecule has 1 N–H and O–H groups in total. The molecule has 0 aliphatic rings. The van der Waals surface area contributed by atoms with Crippen molar-refractivity contribution in [1.29, 1.82) is 0 Å².